The first kappa shape index (κ1) is 13.5. The lowest BCUT2D eigenvalue weighted by Gasteiger charge is -2.12. The fourth-order valence-electron chi connectivity index (χ4n) is 2.21. The molecule has 1 aromatic heterocycles. The summed E-state index contributed by atoms with van der Waals surface area (Å²) in [6, 6.07) is 13.9. The zero-order chi connectivity index (χ0) is 14.8. The third-order valence-electron chi connectivity index (χ3n) is 3.28. The zero-order valence-electron chi connectivity index (χ0n) is 11.5. The normalized spacial score (nSPS) is 10.8. The van der Waals surface area contributed by atoms with Gasteiger partial charge >= 0.3 is 0 Å². The predicted molar refractivity (Wildman–Crippen MR) is 78.9 cm³/mol. The Morgan fingerprint density at radius 3 is 2.62 bits per heavy atom. The average Bonchev–Trinajstić information content (AvgIpc) is 2.48. The van der Waals surface area contributed by atoms with Crippen LogP contribution in [0.5, 0.6) is 11.5 Å². The summed E-state index contributed by atoms with van der Waals surface area (Å²) in [6.07, 6.45) is 0. The number of aliphatic hydroxyl groups is 1. The SMILES string of the molecule is Cc1ccc2cccc(Oc3cccc(F)c3CO)c2n1. The van der Waals surface area contributed by atoms with Crippen molar-refractivity contribution in [2.75, 3.05) is 0 Å². The van der Waals surface area contributed by atoms with Gasteiger partial charge in [0.25, 0.3) is 0 Å². The molecule has 0 spiro atoms. The van der Waals surface area contributed by atoms with Crippen LogP contribution in [0.3, 0.4) is 0 Å². The van der Waals surface area contributed by atoms with Crippen molar-refractivity contribution in [2.45, 2.75) is 13.5 Å². The minimum atomic E-state index is -0.487. The van der Waals surface area contributed by atoms with Gasteiger partial charge in [-0.3, -0.25) is 0 Å². The van der Waals surface area contributed by atoms with E-state index in [0.29, 0.717) is 17.0 Å². The Labute approximate surface area is 121 Å². The van der Waals surface area contributed by atoms with Crippen molar-refractivity contribution in [1.29, 1.82) is 0 Å². The molecule has 2 aromatic carbocycles. The van der Waals surface area contributed by atoms with Crippen molar-refractivity contribution < 1.29 is 14.2 Å². The van der Waals surface area contributed by atoms with Crippen LogP contribution in [0.2, 0.25) is 0 Å². The van der Waals surface area contributed by atoms with E-state index in [0.717, 1.165) is 11.1 Å². The quantitative estimate of drug-likeness (QED) is 0.791. The van der Waals surface area contributed by atoms with Crippen molar-refractivity contribution in [3.8, 4) is 11.5 Å². The monoisotopic (exact) mass is 283 g/mol. The van der Waals surface area contributed by atoms with Crippen molar-refractivity contribution in [2.24, 2.45) is 0 Å². The lowest BCUT2D eigenvalue weighted by atomic mass is 10.1. The van der Waals surface area contributed by atoms with Crippen LogP contribution in [-0.4, -0.2) is 10.1 Å². The molecule has 0 aliphatic rings. The number of pyridine rings is 1. The predicted octanol–water partition coefficient (Wildman–Crippen LogP) is 3.97. The lowest BCUT2D eigenvalue weighted by Crippen LogP contribution is -1.96. The van der Waals surface area contributed by atoms with Crippen molar-refractivity contribution in [3.63, 3.8) is 0 Å². The van der Waals surface area contributed by atoms with Crippen LogP contribution in [0.15, 0.2) is 48.5 Å². The molecule has 3 aromatic rings. The Kier molecular flexibility index (Phi) is 3.54. The lowest BCUT2D eigenvalue weighted by molar-refractivity contribution is 0.270. The number of aryl methyl sites for hydroxylation is 1. The first-order chi connectivity index (χ1) is 10.2. The van der Waals surface area contributed by atoms with Gasteiger partial charge in [-0.15, -0.1) is 0 Å². The van der Waals surface area contributed by atoms with Crippen molar-refractivity contribution in [3.05, 3.63) is 65.6 Å². The summed E-state index contributed by atoms with van der Waals surface area (Å²) in [5.41, 5.74) is 1.73. The summed E-state index contributed by atoms with van der Waals surface area (Å²) in [6.45, 7) is 1.48. The van der Waals surface area contributed by atoms with E-state index >= 15 is 0 Å². The highest BCUT2D eigenvalue weighted by molar-refractivity contribution is 5.84. The van der Waals surface area contributed by atoms with Gasteiger partial charge in [-0.1, -0.05) is 24.3 Å². The number of para-hydroxylation sites is 1. The van der Waals surface area contributed by atoms with Crippen LogP contribution in [0.1, 0.15) is 11.3 Å². The second-order valence-corrected chi connectivity index (χ2v) is 4.76. The molecule has 1 N–H and O–H groups in total. The van der Waals surface area contributed by atoms with E-state index in [9.17, 15) is 9.50 Å². The fourth-order valence-corrected chi connectivity index (χ4v) is 2.21. The first-order valence-electron chi connectivity index (χ1n) is 6.61. The number of rotatable bonds is 3. The van der Waals surface area contributed by atoms with Crippen LogP contribution in [0, 0.1) is 12.7 Å². The molecule has 3 rings (SSSR count). The van der Waals surface area contributed by atoms with E-state index < -0.39 is 12.4 Å². The van der Waals surface area contributed by atoms with Crippen LogP contribution < -0.4 is 4.74 Å². The Balaban J connectivity index is 2.10. The number of hydrogen-bond donors (Lipinski definition) is 1. The smallest absolute Gasteiger partial charge is 0.153 e. The van der Waals surface area contributed by atoms with E-state index in [1.165, 1.54) is 6.07 Å². The molecule has 0 aliphatic heterocycles. The molecule has 106 valence electrons. The van der Waals surface area contributed by atoms with Gasteiger partial charge in [0.05, 0.1) is 12.2 Å². The number of benzene rings is 2. The number of hydrogen-bond acceptors (Lipinski definition) is 3. The van der Waals surface area contributed by atoms with Gasteiger partial charge < -0.3 is 9.84 Å². The Morgan fingerprint density at radius 2 is 1.81 bits per heavy atom. The number of ether oxygens (including phenoxy) is 1. The molecular formula is C17H14FNO2. The first-order valence-corrected chi connectivity index (χ1v) is 6.61. The molecule has 0 radical (unpaired) electrons. The van der Waals surface area contributed by atoms with Gasteiger partial charge in [0.15, 0.2) is 5.75 Å². The van der Waals surface area contributed by atoms with Gasteiger partial charge in [0.2, 0.25) is 0 Å². The van der Waals surface area contributed by atoms with Crippen LogP contribution in [-0.2, 0) is 6.61 Å². The molecule has 21 heavy (non-hydrogen) atoms. The third kappa shape index (κ3) is 2.58. The van der Waals surface area contributed by atoms with Crippen LogP contribution in [0.25, 0.3) is 10.9 Å². The second kappa shape index (κ2) is 5.50. The molecule has 0 saturated heterocycles. The maximum absolute atomic E-state index is 13.7. The van der Waals surface area contributed by atoms with Gasteiger partial charge in [-0.05, 0) is 31.2 Å². The van der Waals surface area contributed by atoms with E-state index in [2.05, 4.69) is 4.98 Å². The van der Waals surface area contributed by atoms with Gasteiger partial charge in [0, 0.05) is 11.1 Å². The molecule has 1 heterocycles. The zero-order valence-corrected chi connectivity index (χ0v) is 11.5. The average molecular weight is 283 g/mol. The summed E-state index contributed by atoms with van der Waals surface area (Å²) >= 11 is 0. The van der Waals surface area contributed by atoms with Crippen LogP contribution >= 0.6 is 0 Å². The van der Waals surface area contributed by atoms with Crippen molar-refractivity contribution in [1.82, 2.24) is 4.98 Å². The number of nitrogens with zero attached hydrogens (tertiary/aromatic N) is 1. The number of aliphatic hydroxyl groups excluding tert-OH is 1. The van der Waals surface area contributed by atoms with E-state index in [1.807, 2.05) is 31.2 Å². The largest absolute Gasteiger partial charge is 0.455 e. The Bertz CT molecular complexity index is 802. The molecule has 4 heteroatoms. The molecule has 3 nitrogen and oxygen atoms in total. The van der Waals surface area contributed by atoms with Gasteiger partial charge in [-0.25, -0.2) is 9.37 Å². The van der Waals surface area contributed by atoms with E-state index in [-0.39, 0.29) is 5.56 Å². The minimum Gasteiger partial charge on any atom is -0.455 e. The van der Waals surface area contributed by atoms with Gasteiger partial charge in [-0.2, -0.15) is 0 Å². The van der Waals surface area contributed by atoms with Crippen molar-refractivity contribution >= 4 is 10.9 Å². The van der Waals surface area contributed by atoms with E-state index in [1.54, 1.807) is 18.2 Å². The molecule has 0 amide bonds. The molecule has 0 atom stereocenters. The number of aromatic nitrogens is 1. The highest BCUT2D eigenvalue weighted by Gasteiger charge is 2.11. The van der Waals surface area contributed by atoms with Crippen LogP contribution in [0.4, 0.5) is 4.39 Å². The highest BCUT2D eigenvalue weighted by atomic mass is 19.1. The number of halogens is 1. The molecule has 0 unspecified atom stereocenters. The number of fused-ring (bicyclic) bond motifs is 1. The molecule has 0 aliphatic carbocycles. The van der Waals surface area contributed by atoms with Gasteiger partial charge in [0.1, 0.15) is 17.1 Å². The Hall–Kier alpha value is -2.46. The molecule has 0 bridgehead atoms. The summed E-state index contributed by atoms with van der Waals surface area (Å²) in [5, 5.41) is 10.2. The Morgan fingerprint density at radius 1 is 1.05 bits per heavy atom. The maximum Gasteiger partial charge on any atom is 0.153 e. The standard InChI is InChI=1S/C17H14FNO2/c1-11-8-9-12-4-2-7-16(17(12)19-11)21-15-6-3-5-14(18)13(15)10-20/h2-9,20H,10H2,1H3. The van der Waals surface area contributed by atoms with E-state index in [4.69, 9.17) is 4.74 Å². The molecular weight excluding hydrogens is 269 g/mol. The molecule has 0 saturated carbocycles. The third-order valence-corrected chi connectivity index (χ3v) is 3.28. The topological polar surface area (TPSA) is 42.4 Å². The summed E-state index contributed by atoms with van der Waals surface area (Å²) in [4.78, 5) is 4.47. The summed E-state index contributed by atoms with van der Waals surface area (Å²) < 4.78 is 19.5. The summed E-state index contributed by atoms with van der Waals surface area (Å²) in [7, 11) is 0. The summed E-state index contributed by atoms with van der Waals surface area (Å²) in [5.74, 6) is 0.351. The minimum absolute atomic E-state index is 0.141. The second-order valence-electron chi connectivity index (χ2n) is 4.76. The molecule has 0 fully saturated rings. The maximum atomic E-state index is 13.7. The highest BCUT2D eigenvalue weighted by Crippen LogP contribution is 2.31. The fraction of sp³-hybridized carbons (Fsp3) is 0.118.